The van der Waals surface area contributed by atoms with Crippen LogP contribution in [-0.4, -0.2) is 24.0 Å². The number of carbonyl (C=O) groups is 1. The van der Waals surface area contributed by atoms with Crippen molar-refractivity contribution < 1.29 is 4.79 Å². The smallest absolute Gasteiger partial charge is 0.225 e. The van der Waals surface area contributed by atoms with Gasteiger partial charge in [0.15, 0.2) is 0 Å². The Morgan fingerprint density at radius 1 is 1.53 bits per heavy atom. The minimum atomic E-state index is -0.0614. The molecule has 1 amide bonds. The molecule has 1 aliphatic heterocycles. The number of amides is 1. The first-order valence-corrected chi connectivity index (χ1v) is 6.01. The molecule has 0 saturated carbocycles. The molecule has 88 valence electrons. The Morgan fingerprint density at radius 3 is 2.67 bits per heavy atom. The molecule has 1 heterocycles. The van der Waals surface area contributed by atoms with Gasteiger partial charge < -0.3 is 10.6 Å². The third-order valence-corrected chi connectivity index (χ3v) is 3.20. The van der Waals surface area contributed by atoms with E-state index in [0.717, 1.165) is 25.8 Å². The van der Waals surface area contributed by atoms with Gasteiger partial charge in [-0.1, -0.05) is 13.3 Å². The van der Waals surface area contributed by atoms with Gasteiger partial charge in [0.05, 0.1) is 5.92 Å². The molecule has 1 rings (SSSR count). The molecule has 0 aromatic rings. The van der Waals surface area contributed by atoms with Crippen molar-refractivity contribution in [1.82, 2.24) is 10.6 Å². The summed E-state index contributed by atoms with van der Waals surface area (Å²) in [6.07, 6.45) is 3.11. The van der Waals surface area contributed by atoms with Crippen LogP contribution in [0.2, 0.25) is 0 Å². The summed E-state index contributed by atoms with van der Waals surface area (Å²) >= 11 is 0. The maximum Gasteiger partial charge on any atom is 0.225 e. The average molecular weight is 212 g/mol. The topological polar surface area (TPSA) is 41.1 Å². The number of rotatable bonds is 4. The maximum atomic E-state index is 12.0. The van der Waals surface area contributed by atoms with E-state index < -0.39 is 0 Å². The van der Waals surface area contributed by atoms with Gasteiger partial charge in [-0.2, -0.15) is 0 Å². The molecule has 2 unspecified atom stereocenters. The van der Waals surface area contributed by atoms with Crippen LogP contribution in [0.4, 0.5) is 0 Å². The Bertz CT molecular complexity index is 226. The zero-order valence-electron chi connectivity index (χ0n) is 10.4. The summed E-state index contributed by atoms with van der Waals surface area (Å²) in [5, 5.41) is 6.46. The van der Waals surface area contributed by atoms with Gasteiger partial charge in [0.2, 0.25) is 5.91 Å². The molecule has 0 spiro atoms. The van der Waals surface area contributed by atoms with Crippen LogP contribution < -0.4 is 10.6 Å². The molecule has 1 aliphatic rings. The Morgan fingerprint density at radius 2 is 2.20 bits per heavy atom. The van der Waals surface area contributed by atoms with Crippen LogP contribution in [0.25, 0.3) is 0 Å². The third kappa shape index (κ3) is 3.49. The van der Waals surface area contributed by atoms with Crippen LogP contribution in [0.15, 0.2) is 0 Å². The minimum absolute atomic E-state index is 0.0614. The number of hydrogen-bond acceptors (Lipinski definition) is 2. The first-order valence-electron chi connectivity index (χ1n) is 6.01. The van der Waals surface area contributed by atoms with E-state index in [9.17, 15) is 4.79 Å². The van der Waals surface area contributed by atoms with Crippen LogP contribution in [0.3, 0.4) is 0 Å². The second kappa shape index (κ2) is 4.97. The zero-order valence-corrected chi connectivity index (χ0v) is 10.4. The summed E-state index contributed by atoms with van der Waals surface area (Å²) in [6.45, 7) is 9.40. The fourth-order valence-electron chi connectivity index (χ4n) is 2.33. The highest BCUT2D eigenvalue weighted by Gasteiger charge is 2.31. The van der Waals surface area contributed by atoms with Crippen LogP contribution in [0.5, 0.6) is 0 Å². The minimum Gasteiger partial charge on any atom is -0.351 e. The van der Waals surface area contributed by atoms with E-state index in [1.165, 1.54) is 0 Å². The summed E-state index contributed by atoms with van der Waals surface area (Å²) in [5.41, 5.74) is -0.0614. The van der Waals surface area contributed by atoms with Crippen molar-refractivity contribution in [3.05, 3.63) is 0 Å². The molecule has 2 N–H and O–H groups in total. The molecule has 0 aromatic carbocycles. The predicted molar refractivity (Wildman–Crippen MR) is 62.7 cm³/mol. The molecule has 0 bridgehead atoms. The molecule has 0 aromatic heterocycles. The zero-order chi connectivity index (χ0) is 11.5. The lowest BCUT2D eigenvalue weighted by atomic mass is 9.95. The molecule has 2 atom stereocenters. The molecular weight excluding hydrogens is 188 g/mol. The first-order chi connectivity index (χ1) is 6.96. The number of hydrogen-bond donors (Lipinski definition) is 2. The summed E-state index contributed by atoms with van der Waals surface area (Å²) in [5.74, 6) is 0.368. The summed E-state index contributed by atoms with van der Waals surface area (Å²) in [7, 11) is 0. The lowest BCUT2D eigenvalue weighted by Gasteiger charge is -2.28. The molecule has 0 radical (unpaired) electrons. The van der Waals surface area contributed by atoms with Gasteiger partial charge in [-0.25, -0.2) is 0 Å². The van der Waals surface area contributed by atoms with Gasteiger partial charge >= 0.3 is 0 Å². The molecule has 1 fully saturated rings. The monoisotopic (exact) mass is 212 g/mol. The van der Waals surface area contributed by atoms with Crippen molar-refractivity contribution in [3.8, 4) is 0 Å². The van der Waals surface area contributed by atoms with Crippen molar-refractivity contribution in [2.24, 2.45) is 5.92 Å². The van der Waals surface area contributed by atoms with Gasteiger partial charge in [-0.05, 0) is 40.2 Å². The van der Waals surface area contributed by atoms with E-state index in [-0.39, 0.29) is 17.4 Å². The Labute approximate surface area is 93.0 Å². The normalized spacial score (nSPS) is 26.7. The quantitative estimate of drug-likeness (QED) is 0.744. The fraction of sp³-hybridized carbons (Fsp3) is 0.917. The van der Waals surface area contributed by atoms with Gasteiger partial charge in [-0.15, -0.1) is 0 Å². The molecule has 15 heavy (non-hydrogen) atoms. The lowest BCUT2D eigenvalue weighted by molar-refractivity contribution is -0.126. The second-order valence-corrected chi connectivity index (χ2v) is 5.26. The Kier molecular flexibility index (Phi) is 4.14. The highest BCUT2D eigenvalue weighted by molar-refractivity contribution is 5.80. The fourth-order valence-corrected chi connectivity index (χ4v) is 2.33. The summed E-state index contributed by atoms with van der Waals surface area (Å²) in [4.78, 5) is 12.0. The van der Waals surface area contributed by atoms with Crippen LogP contribution in [-0.2, 0) is 4.79 Å². The van der Waals surface area contributed by atoms with Crippen molar-refractivity contribution in [1.29, 1.82) is 0 Å². The standard InChI is InChI=1S/C12H24N2O/c1-5-7-12(3,4)14-11(15)10-6-8-13-9(10)2/h9-10,13H,5-8H2,1-4H3,(H,14,15). The third-order valence-electron chi connectivity index (χ3n) is 3.20. The van der Waals surface area contributed by atoms with Crippen molar-refractivity contribution >= 4 is 5.91 Å². The molecular formula is C12H24N2O. The second-order valence-electron chi connectivity index (χ2n) is 5.26. The van der Waals surface area contributed by atoms with Crippen LogP contribution in [0.1, 0.15) is 47.0 Å². The van der Waals surface area contributed by atoms with Crippen molar-refractivity contribution in [2.45, 2.75) is 58.5 Å². The molecule has 3 nitrogen and oxygen atoms in total. The van der Waals surface area contributed by atoms with E-state index in [0.29, 0.717) is 6.04 Å². The SMILES string of the molecule is CCCC(C)(C)NC(=O)C1CCNC1C. The van der Waals surface area contributed by atoms with Gasteiger partial charge in [0, 0.05) is 11.6 Å². The van der Waals surface area contributed by atoms with Crippen molar-refractivity contribution in [2.75, 3.05) is 6.54 Å². The maximum absolute atomic E-state index is 12.0. The highest BCUT2D eigenvalue weighted by atomic mass is 16.2. The Balaban J connectivity index is 2.47. The summed E-state index contributed by atoms with van der Waals surface area (Å²) < 4.78 is 0. The summed E-state index contributed by atoms with van der Waals surface area (Å²) in [6, 6.07) is 0.322. The van der Waals surface area contributed by atoms with E-state index in [4.69, 9.17) is 0 Å². The van der Waals surface area contributed by atoms with Gasteiger partial charge in [-0.3, -0.25) is 4.79 Å². The molecule has 1 saturated heterocycles. The van der Waals surface area contributed by atoms with Crippen LogP contribution >= 0.6 is 0 Å². The molecule has 0 aliphatic carbocycles. The van der Waals surface area contributed by atoms with E-state index >= 15 is 0 Å². The molecule has 3 heteroatoms. The van der Waals surface area contributed by atoms with Crippen molar-refractivity contribution in [3.63, 3.8) is 0 Å². The lowest BCUT2D eigenvalue weighted by Crippen LogP contribution is -2.47. The largest absolute Gasteiger partial charge is 0.351 e. The number of carbonyl (C=O) groups excluding carboxylic acids is 1. The van der Waals surface area contributed by atoms with Crippen LogP contribution in [0, 0.1) is 5.92 Å². The van der Waals surface area contributed by atoms with Gasteiger partial charge in [0.1, 0.15) is 0 Å². The highest BCUT2D eigenvalue weighted by Crippen LogP contribution is 2.18. The van der Waals surface area contributed by atoms with E-state index in [1.54, 1.807) is 0 Å². The van der Waals surface area contributed by atoms with E-state index in [2.05, 4.69) is 38.3 Å². The average Bonchev–Trinajstić information content (AvgIpc) is 2.50. The van der Waals surface area contributed by atoms with E-state index in [1.807, 2.05) is 0 Å². The predicted octanol–water partition coefficient (Wildman–Crippen LogP) is 1.68. The number of nitrogens with one attached hydrogen (secondary N) is 2. The Hall–Kier alpha value is -0.570. The first kappa shape index (κ1) is 12.5. The van der Waals surface area contributed by atoms with Gasteiger partial charge in [0.25, 0.3) is 0 Å².